The monoisotopic (exact) mass is 163 g/mol. The number of hydrogen-bond donors (Lipinski definition) is 0. The van der Waals surface area contributed by atoms with Gasteiger partial charge in [-0.25, -0.2) is 0 Å². The average Bonchev–Trinajstić information content (AvgIpc) is 2.09. The number of rotatable bonds is 2. The quantitative estimate of drug-likeness (QED) is 0.585. The van der Waals surface area contributed by atoms with Crippen LogP contribution in [-0.4, -0.2) is 5.78 Å². The molecular weight excluding hydrogens is 150 g/mol. The third-order valence-corrected chi connectivity index (χ3v) is 2.40. The predicted octanol–water partition coefficient (Wildman–Crippen LogP) is 2.07. The second kappa shape index (κ2) is 4.06. The molecule has 0 aromatic rings. The van der Waals surface area contributed by atoms with Gasteiger partial charge in [0.15, 0.2) is 5.78 Å². The lowest BCUT2D eigenvalue weighted by atomic mass is 9.79. The van der Waals surface area contributed by atoms with Crippen LogP contribution in [0.25, 0.3) is 0 Å². The zero-order chi connectivity index (χ0) is 8.97. The van der Waals surface area contributed by atoms with E-state index in [1.165, 1.54) is 0 Å². The molecule has 1 aliphatic carbocycles. The molecule has 2 unspecified atom stereocenters. The van der Waals surface area contributed by atoms with E-state index in [0.717, 1.165) is 25.7 Å². The maximum absolute atomic E-state index is 11.5. The van der Waals surface area contributed by atoms with Crippen molar-refractivity contribution in [1.82, 2.24) is 0 Å². The van der Waals surface area contributed by atoms with Gasteiger partial charge in [0.05, 0.1) is 6.07 Å². The van der Waals surface area contributed by atoms with Crippen LogP contribution in [0.15, 0.2) is 12.7 Å². The van der Waals surface area contributed by atoms with Gasteiger partial charge < -0.3 is 0 Å². The van der Waals surface area contributed by atoms with Crippen LogP contribution in [0.2, 0.25) is 0 Å². The van der Waals surface area contributed by atoms with Crippen LogP contribution in [0.5, 0.6) is 0 Å². The van der Waals surface area contributed by atoms with Crippen LogP contribution >= 0.6 is 0 Å². The molecule has 0 radical (unpaired) electrons. The summed E-state index contributed by atoms with van der Waals surface area (Å²) in [6.45, 7) is 3.60. The molecule has 0 aliphatic heterocycles. The van der Waals surface area contributed by atoms with Gasteiger partial charge in [-0.2, -0.15) is 5.26 Å². The largest absolute Gasteiger partial charge is 0.298 e. The number of ketones is 1. The minimum Gasteiger partial charge on any atom is -0.298 e. The van der Waals surface area contributed by atoms with Gasteiger partial charge >= 0.3 is 0 Å². The normalized spacial score (nSPS) is 29.4. The van der Waals surface area contributed by atoms with E-state index in [1.54, 1.807) is 6.08 Å². The van der Waals surface area contributed by atoms with E-state index < -0.39 is 0 Å². The Hall–Kier alpha value is -1.10. The number of nitrogens with zero attached hydrogens (tertiary/aromatic N) is 1. The molecule has 0 aromatic carbocycles. The van der Waals surface area contributed by atoms with Crippen molar-refractivity contribution in [2.45, 2.75) is 25.7 Å². The van der Waals surface area contributed by atoms with Crippen molar-refractivity contribution in [3.8, 4) is 6.07 Å². The Labute approximate surface area is 72.9 Å². The number of nitriles is 1. The lowest BCUT2D eigenvalue weighted by Crippen LogP contribution is -2.26. The number of hydrogen-bond acceptors (Lipinski definition) is 2. The molecule has 0 heterocycles. The van der Waals surface area contributed by atoms with Crippen LogP contribution in [0, 0.1) is 23.2 Å². The summed E-state index contributed by atoms with van der Waals surface area (Å²) in [6, 6.07) is 2.06. The zero-order valence-corrected chi connectivity index (χ0v) is 7.12. The summed E-state index contributed by atoms with van der Waals surface area (Å²) in [5, 5.41) is 8.65. The zero-order valence-electron chi connectivity index (χ0n) is 7.12. The Kier molecular flexibility index (Phi) is 3.04. The Balaban J connectivity index is 2.60. The first-order valence-corrected chi connectivity index (χ1v) is 4.33. The van der Waals surface area contributed by atoms with Crippen LogP contribution in [-0.2, 0) is 4.79 Å². The molecule has 0 amide bonds. The van der Waals surface area contributed by atoms with Gasteiger partial charge in [0, 0.05) is 5.92 Å². The highest BCUT2D eigenvalue weighted by atomic mass is 16.1. The van der Waals surface area contributed by atoms with Crippen LogP contribution in [0.3, 0.4) is 0 Å². The van der Waals surface area contributed by atoms with Gasteiger partial charge in [-0.1, -0.05) is 12.5 Å². The van der Waals surface area contributed by atoms with Crippen molar-refractivity contribution < 1.29 is 4.79 Å². The molecule has 1 rings (SSSR count). The molecule has 0 bridgehead atoms. The van der Waals surface area contributed by atoms with Gasteiger partial charge in [0.1, 0.15) is 5.92 Å². The van der Waals surface area contributed by atoms with Crippen molar-refractivity contribution in [2.75, 3.05) is 0 Å². The fourth-order valence-corrected chi connectivity index (χ4v) is 1.70. The lowest BCUT2D eigenvalue weighted by molar-refractivity contribution is -0.127. The molecule has 12 heavy (non-hydrogen) atoms. The third-order valence-electron chi connectivity index (χ3n) is 2.40. The van der Waals surface area contributed by atoms with Gasteiger partial charge in [0.2, 0.25) is 0 Å². The minimum absolute atomic E-state index is 0.0703. The van der Waals surface area contributed by atoms with E-state index in [2.05, 4.69) is 12.6 Å². The topological polar surface area (TPSA) is 40.9 Å². The second-order valence-electron chi connectivity index (χ2n) is 3.24. The fraction of sp³-hybridized carbons (Fsp3) is 0.600. The van der Waals surface area contributed by atoms with E-state index in [9.17, 15) is 4.79 Å². The first kappa shape index (κ1) is 8.99. The molecule has 2 nitrogen and oxygen atoms in total. The maximum atomic E-state index is 11.5. The third kappa shape index (κ3) is 1.73. The highest BCUT2D eigenvalue weighted by Gasteiger charge is 2.29. The highest BCUT2D eigenvalue weighted by Crippen LogP contribution is 2.27. The average molecular weight is 163 g/mol. The minimum atomic E-state index is -0.344. The maximum Gasteiger partial charge on any atom is 0.153 e. The number of Topliss-reactive ketones (excluding diaryl/α,β-unsaturated/α-hetero) is 1. The second-order valence-corrected chi connectivity index (χ2v) is 3.24. The van der Waals surface area contributed by atoms with Gasteiger partial charge in [-0.15, -0.1) is 6.58 Å². The molecule has 0 N–H and O–H groups in total. The lowest BCUT2D eigenvalue weighted by Gasteiger charge is -2.22. The van der Waals surface area contributed by atoms with E-state index in [-0.39, 0.29) is 17.6 Å². The summed E-state index contributed by atoms with van der Waals surface area (Å²) >= 11 is 0. The fourth-order valence-electron chi connectivity index (χ4n) is 1.70. The number of carbonyl (C=O) groups excluding carboxylic acids is 1. The summed E-state index contributed by atoms with van der Waals surface area (Å²) in [5.41, 5.74) is 0. The molecule has 0 spiro atoms. The highest BCUT2D eigenvalue weighted by molar-refractivity contribution is 5.86. The Morgan fingerprint density at radius 3 is 3.00 bits per heavy atom. The predicted molar refractivity (Wildman–Crippen MR) is 46.3 cm³/mol. The Morgan fingerprint density at radius 2 is 2.42 bits per heavy atom. The summed E-state index contributed by atoms with van der Waals surface area (Å²) in [7, 11) is 0. The smallest absolute Gasteiger partial charge is 0.153 e. The van der Waals surface area contributed by atoms with Crippen LogP contribution < -0.4 is 0 Å². The first-order chi connectivity index (χ1) is 5.79. The molecule has 64 valence electrons. The SMILES string of the molecule is C=CCC1CCCC(C#N)C1=O. The van der Waals surface area contributed by atoms with Crippen molar-refractivity contribution in [2.24, 2.45) is 11.8 Å². The van der Waals surface area contributed by atoms with Crippen molar-refractivity contribution >= 4 is 5.78 Å². The molecule has 0 saturated heterocycles. The van der Waals surface area contributed by atoms with E-state index >= 15 is 0 Å². The van der Waals surface area contributed by atoms with E-state index in [0.29, 0.717) is 0 Å². The summed E-state index contributed by atoms with van der Waals surface area (Å²) in [6.07, 6.45) is 5.19. The Morgan fingerprint density at radius 1 is 1.67 bits per heavy atom. The van der Waals surface area contributed by atoms with Gasteiger partial charge in [0.25, 0.3) is 0 Å². The first-order valence-electron chi connectivity index (χ1n) is 4.33. The van der Waals surface area contributed by atoms with Gasteiger partial charge in [-0.05, 0) is 19.3 Å². The molecule has 1 aliphatic rings. The summed E-state index contributed by atoms with van der Waals surface area (Å²) in [5.74, 6) is -0.145. The van der Waals surface area contributed by atoms with E-state index in [4.69, 9.17) is 5.26 Å². The summed E-state index contributed by atoms with van der Waals surface area (Å²) in [4.78, 5) is 11.5. The van der Waals surface area contributed by atoms with Crippen molar-refractivity contribution in [1.29, 1.82) is 5.26 Å². The Bertz CT molecular complexity index is 226. The number of carbonyl (C=O) groups is 1. The van der Waals surface area contributed by atoms with Crippen molar-refractivity contribution in [3.63, 3.8) is 0 Å². The standard InChI is InChI=1S/C10H13NO/c1-2-4-8-5-3-6-9(7-11)10(8)12/h2,8-9H,1,3-6H2. The van der Waals surface area contributed by atoms with Crippen LogP contribution in [0.1, 0.15) is 25.7 Å². The molecule has 1 saturated carbocycles. The molecule has 2 atom stereocenters. The van der Waals surface area contributed by atoms with E-state index in [1.807, 2.05) is 0 Å². The molecular formula is C10H13NO. The molecule has 1 fully saturated rings. The van der Waals surface area contributed by atoms with Gasteiger partial charge in [-0.3, -0.25) is 4.79 Å². The number of allylic oxidation sites excluding steroid dienone is 1. The molecule has 0 aromatic heterocycles. The van der Waals surface area contributed by atoms with Crippen molar-refractivity contribution in [3.05, 3.63) is 12.7 Å². The molecule has 2 heteroatoms. The summed E-state index contributed by atoms with van der Waals surface area (Å²) < 4.78 is 0. The van der Waals surface area contributed by atoms with Crippen LogP contribution in [0.4, 0.5) is 0 Å².